The van der Waals surface area contributed by atoms with Gasteiger partial charge in [0.25, 0.3) is 0 Å². The number of nitrogens with zero attached hydrogens (tertiary/aromatic N) is 1. The summed E-state index contributed by atoms with van der Waals surface area (Å²) in [4.78, 5) is 4.75. The fourth-order valence-electron chi connectivity index (χ4n) is 0.752. The molecule has 3 heteroatoms. The first-order valence-corrected chi connectivity index (χ1v) is 4.22. The van der Waals surface area contributed by atoms with E-state index >= 15 is 0 Å². The third kappa shape index (κ3) is 2.34. The van der Waals surface area contributed by atoms with Crippen LogP contribution in [0.25, 0.3) is 0 Å². The van der Waals surface area contributed by atoms with E-state index in [1.54, 1.807) is 11.7 Å². The van der Waals surface area contributed by atoms with E-state index in [-0.39, 0.29) is 0 Å². The van der Waals surface area contributed by atoms with Crippen LogP contribution in [0.5, 0.6) is 0 Å². The zero-order valence-corrected chi connectivity index (χ0v) is 6.84. The molecule has 0 spiro atoms. The van der Waals surface area contributed by atoms with Crippen LogP contribution < -0.4 is 0 Å². The van der Waals surface area contributed by atoms with Crippen LogP contribution >= 0.6 is 11.3 Å². The van der Waals surface area contributed by atoms with Crippen molar-refractivity contribution in [3.63, 3.8) is 0 Å². The van der Waals surface area contributed by atoms with Crippen molar-refractivity contribution in [3.05, 3.63) is 16.6 Å². The second kappa shape index (κ2) is 4.12. The zero-order valence-electron chi connectivity index (χ0n) is 6.03. The van der Waals surface area contributed by atoms with Crippen LogP contribution in [0.4, 0.5) is 0 Å². The van der Waals surface area contributed by atoms with Gasteiger partial charge >= 0.3 is 0 Å². The van der Waals surface area contributed by atoms with Crippen LogP contribution in [-0.4, -0.2) is 10.1 Å². The second-order valence-corrected chi connectivity index (χ2v) is 3.08. The molecule has 0 amide bonds. The summed E-state index contributed by atoms with van der Waals surface area (Å²) in [5.41, 5.74) is 1.70. The highest BCUT2D eigenvalue weighted by Crippen LogP contribution is 2.20. The van der Waals surface area contributed by atoms with Crippen molar-refractivity contribution < 1.29 is 5.11 Å². The molecule has 1 aromatic heterocycles. The largest absolute Gasteiger partial charge is 0.387 e. The number of aliphatic hydroxyl groups is 1. The van der Waals surface area contributed by atoms with Gasteiger partial charge in [-0.3, -0.25) is 4.98 Å². The molecule has 0 fully saturated rings. The maximum Gasteiger partial charge on any atom is 0.0907 e. The number of rotatable bonds is 3. The topological polar surface area (TPSA) is 33.1 Å². The Balaban J connectivity index is 2.44. The quantitative estimate of drug-likeness (QED) is 0.693. The van der Waals surface area contributed by atoms with Crippen molar-refractivity contribution in [1.29, 1.82) is 0 Å². The standard InChI is InChI=1S/C8H9NOS/c1-2-3-4-7(10)8-5-9-6-11-8/h1,5-7,10H,3-4H2. The van der Waals surface area contributed by atoms with Gasteiger partial charge in [0.2, 0.25) is 0 Å². The van der Waals surface area contributed by atoms with Crippen LogP contribution in [0.15, 0.2) is 11.7 Å². The molecule has 2 nitrogen and oxygen atoms in total. The lowest BCUT2D eigenvalue weighted by molar-refractivity contribution is 0.173. The summed E-state index contributed by atoms with van der Waals surface area (Å²) in [6, 6.07) is 0. The van der Waals surface area contributed by atoms with Crippen molar-refractivity contribution in [2.45, 2.75) is 18.9 Å². The van der Waals surface area contributed by atoms with Crippen molar-refractivity contribution in [3.8, 4) is 12.3 Å². The third-order valence-electron chi connectivity index (χ3n) is 1.34. The molecular formula is C8H9NOS. The SMILES string of the molecule is C#CCCC(O)c1cncs1. The van der Waals surface area contributed by atoms with Crippen LogP contribution in [0.3, 0.4) is 0 Å². The Labute approximate surface area is 69.9 Å². The maximum atomic E-state index is 9.42. The summed E-state index contributed by atoms with van der Waals surface area (Å²) in [6.07, 6.45) is 7.53. The molecule has 0 aliphatic heterocycles. The molecule has 1 aromatic rings. The molecule has 0 bridgehead atoms. The van der Waals surface area contributed by atoms with Gasteiger partial charge in [-0.1, -0.05) is 0 Å². The Kier molecular flexibility index (Phi) is 3.09. The van der Waals surface area contributed by atoms with Gasteiger partial charge in [-0.05, 0) is 6.42 Å². The minimum Gasteiger partial charge on any atom is -0.387 e. The van der Waals surface area contributed by atoms with E-state index in [9.17, 15) is 5.11 Å². The smallest absolute Gasteiger partial charge is 0.0907 e. The van der Waals surface area contributed by atoms with E-state index in [0.29, 0.717) is 12.8 Å². The highest BCUT2D eigenvalue weighted by Gasteiger charge is 2.06. The molecule has 1 unspecified atom stereocenters. The zero-order chi connectivity index (χ0) is 8.10. The lowest BCUT2D eigenvalue weighted by atomic mass is 10.2. The molecule has 1 rings (SSSR count). The summed E-state index contributed by atoms with van der Waals surface area (Å²) < 4.78 is 0. The van der Waals surface area contributed by atoms with Gasteiger partial charge in [-0.15, -0.1) is 23.7 Å². The van der Waals surface area contributed by atoms with Crippen LogP contribution in [-0.2, 0) is 0 Å². The van der Waals surface area contributed by atoms with Crippen molar-refractivity contribution in [2.75, 3.05) is 0 Å². The predicted octanol–water partition coefficient (Wildman–Crippen LogP) is 1.59. The molecule has 0 saturated carbocycles. The van der Waals surface area contributed by atoms with Crippen molar-refractivity contribution >= 4 is 11.3 Å². The number of terminal acetylenes is 1. The predicted molar refractivity (Wildman–Crippen MR) is 45.1 cm³/mol. The number of aromatic nitrogens is 1. The average molecular weight is 167 g/mol. The summed E-state index contributed by atoms with van der Waals surface area (Å²) >= 11 is 1.45. The minimum atomic E-state index is -0.432. The third-order valence-corrected chi connectivity index (χ3v) is 2.22. The highest BCUT2D eigenvalue weighted by atomic mass is 32.1. The fraction of sp³-hybridized carbons (Fsp3) is 0.375. The molecule has 11 heavy (non-hydrogen) atoms. The van der Waals surface area contributed by atoms with Crippen LogP contribution in [0.1, 0.15) is 23.8 Å². The number of thiazole rings is 1. The van der Waals surface area contributed by atoms with Gasteiger partial charge in [0.1, 0.15) is 0 Å². The molecule has 0 saturated heterocycles. The van der Waals surface area contributed by atoms with Crippen molar-refractivity contribution in [2.24, 2.45) is 0 Å². The van der Waals surface area contributed by atoms with E-state index in [2.05, 4.69) is 10.9 Å². The Morgan fingerprint density at radius 3 is 3.18 bits per heavy atom. The maximum absolute atomic E-state index is 9.42. The van der Waals surface area contributed by atoms with Gasteiger partial charge < -0.3 is 5.11 Å². The number of hydrogen-bond donors (Lipinski definition) is 1. The molecular weight excluding hydrogens is 158 g/mol. The van der Waals surface area contributed by atoms with E-state index in [0.717, 1.165) is 4.88 Å². The summed E-state index contributed by atoms with van der Waals surface area (Å²) in [6.45, 7) is 0. The van der Waals surface area contributed by atoms with Gasteiger partial charge in [0.15, 0.2) is 0 Å². The van der Waals surface area contributed by atoms with Crippen molar-refractivity contribution in [1.82, 2.24) is 4.98 Å². The van der Waals surface area contributed by atoms with Gasteiger partial charge in [-0.2, -0.15) is 0 Å². The lowest BCUT2D eigenvalue weighted by Crippen LogP contribution is -1.92. The molecule has 58 valence electrons. The summed E-state index contributed by atoms with van der Waals surface area (Å²) in [5, 5.41) is 9.42. The Bertz CT molecular complexity index is 237. The van der Waals surface area contributed by atoms with E-state index < -0.39 is 6.10 Å². The molecule has 1 atom stereocenters. The van der Waals surface area contributed by atoms with Gasteiger partial charge in [0, 0.05) is 12.6 Å². The number of aliphatic hydroxyl groups excluding tert-OH is 1. The molecule has 0 aliphatic carbocycles. The monoisotopic (exact) mass is 167 g/mol. The minimum absolute atomic E-state index is 0.432. The second-order valence-electron chi connectivity index (χ2n) is 2.16. The Hall–Kier alpha value is -0.850. The Morgan fingerprint density at radius 2 is 2.64 bits per heavy atom. The summed E-state index contributed by atoms with van der Waals surface area (Å²) in [7, 11) is 0. The van der Waals surface area contributed by atoms with E-state index in [4.69, 9.17) is 6.42 Å². The lowest BCUT2D eigenvalue weighted by Gasteiger charge is -2.03. The number of hydrogen-bond acceptors (Lipinski definition) is 3. The molecule has 0 aromatic carbocycles. The highest BCUT2D eigenvalue weighted by molar-refractivity contribution is 7.09. The first-order valence-electron chi connectivity index (χ1n) is 3.34. The summed E-state index contributed by atoms with van der Waals surface area (Å²) in [5.74, 6) is 2.48. The fourth-order valence-corrected chi connectivity index (χ4v) is 1.39. The van der Waals surface area contributed by atoms with E-state index in [1.807, 2.05) is 0 Å². The van der Waals surface area contributed by atoms with Gasteiger partial charge in [-0.25, -0.2) is 0 Å². The molecule has 0 aliphatic rings. The first kappa shape index (κ1) is 8.25. The molecule has 0 radical (unpaired) electrons. The van der Waals surface area contributed by atoms with E-state index in [1.165, 1.54) is 11.3 Å². The van der Waals surface area contributed by atoms with Crippen LogP contribution in [0.2, 0.25) is 0 Å². The van der Waals surface area contributed by atoms with Crippen LogP contribution in [0, 0.1) is 12.3 Å². The molecule has 1 N–H and O–H groups in total. The first-order chi connectivity index (χ1) is 5.34. The van der Waals surface area contributed by atoms with Gasteiger partial charge in [0.05, 0.1) is 16.5 Å². The Morgan fingerprint density at radius 1 is 1.82 bits per heavy atom. The molecule has 1 heterocycles. The normalized spacial score (nSPS) is 12.4. The average Bonchev–Trinajstić information content (AvgIpc) is 2.52.